The minimum absolute atomic E-state index is 0.0360. The summed E-state index contributed by atoms with van der Waals surface area (Å²) in [5, 5.41) is 163. The number of phenolic OH excluding ortho intramolecular Hbond substituents is 6. The zero-order valence-electron chi connectivity index (χ0n) is 38.9. The third-order valence-electron chi connectivity index (χ3n) is 14.5. The maximum absolute atomic E-state index is 12.9. The number of aromatic hydroxyl groups is 6. The van der Waals surface area contributed by atoms with Crippen molar-refractivity contribution < 1.29 is 100 Å². The molecule has 0 spiro atoms. The van der Waals surface area contributed by atoms with Crippen LogP contribution in [0.15, 0.2) is 115 Å². The Balaban J connectivity index is 1.18. The molecule has 1 unspecified atom stereocenters. The summed E-state index contributed by atoms with van der Waals surface area (Å²) in [6, 6.07) is 27.8. The summed E-state index contributed by atoms with van der Waals surface area (Å²) in [7, 11) is 0. The summed E-state index contributed by atoms with van der Waals surface area (Å²) in [6.07, 6.45) is -18.8. The molecule has 1 aliphatic carbocycles. The van der Waals surface area contributed by atoms with Crippen LogP contribution in [0.3, 0.4) is 0 Å². The van der Waals surface area contributed by atoms with E-state index >= 15 is 0 Å². The molecule has 6 aromatic carbocycles. The molecule has 4 aliphatic rings. The molecule has 15 N–H and O–H groups in total. The van der Waals surface area contributed by atoms with Gasteiger partial charge in [0, 0.05) is 47.1 Å². The molecule has 16 atom stereocenters. The van der Waals surface area contributed by atoms with Crippen LogP contribution in [0.2, 0.25) is 0 Å². The number of rotatable bonds is 12. The number of aliphatic hydroxyl groups is 9. The highest BCUT2D eigenvalue weighted by Gasteiger charge is 2.52. The lowest BCUT2D eigenvalue weighted by atomic mass is 9.71. The van der Waals surface area contributed by atoms with Crippen molar-refractivity contribution in [2.75, 3.05) is 13.2 Å². The fourth-order valence-electron chi connectivity index (χ4n) is 11.0. The summed E-state index contributed by atoms with van der Waals surface area (Å²) >= 11 is 0. The van der Waals surface area contributed by atoms with E-state index in [1.807, 2.05) is 0 Å². The minimum atomic E-state index is -1.85. The van der Waals surface area contributed by atoms with E-state index in [4.69, 9.17) is 23.7 Å². The van der Waals surface area contributed by atoms with Crippen molar-refractivity contribution in [1.29, 1.82) is 0 Å². The van der Waals surface area contributed by atoms with Gasteiger partial charge in [-0.05, 0) is 94.0 Å². The fourth-order valence-corrected chi connectivity index (χ4v) is 11.0. The zero-order chi connectivity index (χ0) is 52.4. The second-order valence-corrected chi connectivity index (χ2v) is 19.0. The smallest absolute Gasteiger partial charge is 0.229 e. The molecule has 2 fully saturated rings. The molecule has 10 rings (SSSR count). The van der Waals surface area contributed by atoms with Crippen molar-refractivity contribution in [3.63, 3.8) is 0 Å². The van der Waals surface area contributed by atoms with Gasteiger partial charge in [-0.1, -0.05) is 36.4 Å². The van der Waals surface area contributed by atoms with Crippen LogP contribution < -0.4 is 14.2 Å². The molecule has 3 aliphatic heterocycles. The highest BCUT2D eigenvalue weighted by Crippen LogP contribution is 2.65. The molecule has 0 saturated carbocycles. The van der Waals surface area contributed by atoms with E-state index in [-0.39, 0.29) is 62.7 Å². The van der Waals surface area contributed by atoms with Crippen LogP contribution in [0.4, 0.5) is 0 Å². The third kappa shape index (κ3) is 9.13. The van der Waals surface area contributed by atoms with Gasteiger partial charge in [-0.25, -0.2) is 0 Å². The van der Waals surface area contributed by atoms with Gasteiger partial charge < -0.3 is 100 Å². The van der Waals surface area contributed by atoms with Gasteiger partial charge in [0.25, 0.3) is 0 Å². The van der Waals surface area contributed by atoms with E-state index in [1.165, 1.54) is 84.9 Å². The molecule has 0 aromatic heterocycles. The first-order chi connectivity index (χ1) is 35.4. The molecule has 74 heavy (non-hydrogen) atoms. The first kappa shape index (κ1) is 50.6. The number of aliphatic hydroxyl groups excluding tert-OH is 9. The molecule has 6 aromatic rings. The Bertz CT molecular complexity index is 2950. The standard InChI is InChI=1S/C54H54O20/c55-20-37-46(64)48(66)50(68)53(73-37)70-31-11-5-22(6-12-31)39-41-34(18-32(19-35(41)62)71-54-51(69)49(67)47(65)38(21-56)74-54)44(45(63)23-1-7-26(57)8-2-23)43(39)33-16-30(61)17-36-42(33)40(25-13-28(59)15-29(60)14-25)52(72-36)24-3-9-27(58)10-4-24/h1-19,37-40,43-69H,20-21H2/t37-,38-,39+,40+,43?,44+,45-,46-,47-,48+,49+,50-,51-,52-,53-,54-/m1/s1. The maximum Gasteiger partial charge on any atom is 0.229 e. The molecular formula is C54H54O20. The van der Waals surface area contributed by atoms with Gasteiger partial charge in [0.2, 0.25) is 12.6 Å². The minimum Gasteiger partial charge on any atom is -0.508 e. The van der Waals surface area contributed by atoms with Gasteiger partial charge in [-0.15, -0.1) is 0 Å². The molecule has 2 saturated heterocycles. The number of benzene rings is 6. The molecule has 20 nitrogen and oxygen atoms in total. The van der Waals surface area contributed by atoms with E-state index in [0.717, 1.165) is 6.07 Å². The van der Waals surface area contributed by atoms with Crippen molar-refractivity contribution in [3.05, 3.63) is 160 Å². The van der Waals surface area contributed by atoms with Crippen LogP contribution in [0.5, 0.6) is 51.7 Å². The van der Waals surface area contributed by atoms with Crippen molar-refractivity contribution in [1.82, 2.24) is 0 Å². The SMILES string of the molecule is OC[C@H]1O[C@@H](Oc2ccc([C@H]3c4c(O)cc(O[C@@H]5O[C@H](CO)[C@@H](O)[C@H](O)[C@H]5O)cc4[C@H]([C@H](O)c4ccc(O)cc4)C3c3cc(O)cc4c3[C@H](c3cc(O)cc(O)c3)[C@@H](c3ccc(O)cc3)O4)cc2)[C@H](O)[C@@H](O)[C@@H]1O. The molecule has 390 valence electrons. The monoisotopic (exact) mass is 1020 g/mol. The van der Waals surface area contributed by atoms with Crippen LogP contribution in [-0.4, -0.2) is 151 Å². The second kappa shape index (κ2) is 20.1. The van der Waals surface area contributed by atoms with Gasteiger partial charge in [-0.3, -0.25) is 0 Å². The largest absolute Gasteiger partial charge is 0.508 e. The van der Waals surface area contributed by atoms with Gasteiger partial charge in [0.1, 0.15) is 107 Å². The molecule has 0 amide bonds. The lowest BCUT2D eigenvalue weighted by Gasteiger charge is -2.39. The quantitative estimate of drug-likeness (QED) is 0.0836. The average molecular weight is 1020 g/mol. The Morgan fingerprint density at radius 3 is 1.55 bits per heavy atom. The Morgan fingerprint density at radius 1 is 0.459 bits per heavy atom. The van der Waals surface area contributed by atoms with Gasteiger partial charge in [0.05, 0.1) is 25.2 Å². The summed E-state index contributed by atoms with van der Waals surface area (Å²) in [5.74, 6) is -5.44. The summed E-state index contributed by atoms with van der Waals surface area (Å²) < 4.78 is 30.0. The van der Waals surface area contributed by atoms with Crippen molar-refractivity contribution >= 4 is 0 Å². The predicted molar refractivity (Wildman–Crippen MR) is 255 cm³/mol. The van der Waals surface area contributed by atoms with E-state index < -0.39 is 116 Å². The Morgan fingerprint density at radius 2 is 0.986 bits per heavy atom. The Hall–Kier alpha value is -6.92. The van der Waals surface area contributed by atoms with Gasteiger partial charge in [0.15, 0.2) is 0 Å². The molecular weight excluding hydrogens is 969 g/mol. The highest BCUT2D eigenvalue weighted by atomic mass is 16.7. The molecule has 0 bridgehead atoms. The third-order valence-corrected chi connectivity index (χ3v) is 14.5. The van der Waals surface area contributed by atoms with Crippen LogP contribution in [0.25, 0.3) is 0 Å². The van der Waals surface area contributed by atoms with E-state index in [2.05, 4.69) is 0 Å². The van der Waals surface area contributed by atoms with Gasteiger partial charge >= 0.3 is 0 Å². The number of fused-ring (bicyclic) bond motifs is 2. The number of hydrogen-bond acceptors (Lipinski definition) is 20. The topological polar surface area (TPSA) is 350 Å². The van der Waals surface area contributed by atoms with Crippen LogP contribution in [-0.2, 0) is 9.47 Å². The Labute approximate surface area is 421 Å². The van der Waals surface area contributed by atoms with Crippen LogP contribution in [0.1, 0.15) is 80.4 Å². The Kier molecular flexibility index (Phi) is 13.7. The number of phenols is 6. The molecule has 3 heterocycles. The second-order valence-electron chi connectivity index (χ2n) is 19.0. The number of hydrogen-bond donors (Lipinski definition) is 15. The first-order valence-electron chi connectivity index (χ1n) is 23.7. The average Bonchev–Trinajstić information content (AvgIpc) is 3.93. The molecule has 0 radical (unpaired) electrons. The first-order valence-corrected chi connectivity index (χ1v) is 23.7. The fraction of sp³-hybridized carbons (Fsp3) is 0.333. The summed E-state index contributed by atoms with van der Waals surface area (Å²) in [4.78, 5) is 0. The normalized spacial score (nSPS) is 30.7. The van der Waals surface area contributed by atoms with Crippen LogP contribution >= 0.6 is 0 Å². The van der Waals surface area contributed by atoms with Crippen molar-refractivity contribution in [2.24, 2.45) is 0 Å². The number of ether oxygens (including phenoxy) is 5. The van der Waals surface area contributed by atoms with Crippen molar-refractivity contribution in [3.8, 4) is 51.7 Å². The van der Waals surface area contributed by atoms with Crippen LogP contribution in [0, 0.1) is 0 Å². The van der Waals surface area contributed by atoms with E-state index in [0.29, 0.717) is 27.8 Å². The highest BCUT2D eigenvalue weighted by molar-refractivity contribution is 5.65. The van der Waals surface area contributed by atoms with Gasteiger partial charge in [-0.2, -0.15) is 0 Å². The summed E-state index contributed by atoms with van der Waals surface area (Å²) in [6.45, 7) is -1.46. The predicted octanol–water partition coefficient (Wildman–Crippen LogP) is 2.29. The zero-order valence-corrected chi connectivity index (χ0v) is 38.9. The lowest BCUT2D eigenvalue weighted by molar-refractivity contribution is -0.277. The molecule has 20 heteroatoms. The maximum atomic E-state index is 12.9. The summed E-state index contributed by atoms with van der Waals surface area (Å²) in [5.41, 5.74) is 2.89. The van der Waals surface area contributed by atoms with Crippen molar-refractivity contribution in [2.45, 2.75) is 97.3 Å². The van der Waals surface area contributed by atoms with E-state index in [9.17, 15) is 76.6 Å². The van der Waals surface area contributed by atoms with E-state index in [1.54, 1.807) is 24.3 Å². The lowest BCUT2D eigenvalue weighted by Crippen LogP contribution is -2.60.